The lowest BCUT2D eigenvalue weighted by atomic mass is 10.3. The molecule has 2 rings (SSSR count). The van der Waals surface area contributed by atoms with Crippen molar-refractivity contribution in [2.45, 2.75) is 19.4 Å². The molecule has 1 heterocycles. The van der Waals surface area contributed by atoms with Gasteiger partial charge in [-0.3, -0.25) is 4.90 Å². The average molecular weight is 294 g/mol. The van der Waals surface area contributed by atoms with E-state index in [1.807, 2.05) is 24.3 Å². The Morgan fingerprint density at radius 1 is 1.19 bits per heavy atom. The number of nitrogens with two attached hydrogens (primary N) is 1. The zero-order chi connectivity index (χ0) is 14.9. The first-order valence-electron chi connectivity index (χ1n) is 7.71. The van der Waals surface area contributed by atoms with Crippen molar-refractivity contribution >= 4 is 0 Å². The highest BCUT2D eigenvalue weighted by molar-refractivity contribution is 5.31. The fourth-order valence-corrected chi connectivity index (χ4v) is 2.27. The molecule has 1 saturated heterocycles. The Hall–Kier alpha value is -1.30. The van der Waals surface area contributed by atoms with Gasteiger partial charge in [0.1, 0.15) is 18.1 Å². The highest BCUT2D eigenvalue weighted by Crippen LogP contribution is 2.17. The van der Waals surface area contributed by atoms with E-state index >= 15 is 0 Å². The maximum absolute atomic E-state index is 5.77. The van der Waals surface area contributed by atoms with Gasteiger partial charge in [-0.25, -0.2) is 0 Å². The second-order valence-corrected chi connectivity index (χ2v) is 5.20. The van der Waals surface area contributed by atoms with Crippen molar-refractivity contribution < 1.29 is 14.2 Å². The predicted molar refractivity (Wildman–Crippen MR) is 83.0 cm³/mol. The molecule has 1 fully saturated rings. The Bertz CT molecular complexity index is 397. The van der Waals surface area contributed by atoms with Crippen molar-refractivity contribution in [2.24, 2.45) is 5.73 Å². The highest BCUT2D eigenvalue weighted by atomic mass is 16.5. The van der Waals surface area contributed by atoms with Gasteiger partial charge in [-0.15, -0.1) is 0 Å². The Labute approximate surface area is 127 Å². The minimum atomic E-state index is 0.161. The van der Waals surface area contributed by atoms with Crippen LogP contribution < -0.4 is 15.2 Å². The average Bonchev–Trinajstić information content (AvgIpc) is 2.54. The van der Waals surface area contributed by atoms with E-state index in [1.165, 1.54) is 0 Å². The molecule has 1 aliphatic rings. The predicted octanol–water partition coefficient (Wildman–Crippen LogP) is 1.51. The number of ether oxygens (including phenoxy) is 3. The maximum Gasteiger partial charge on any atom is 0.119 e. The molecule has 2 N–H and O–H groups in total. The van der Waals surface area contributed by atoms with Crippen LogP contribution in [0.4, 0.5) is 0 Å². The van der Waals surface area contributed by atoms with Crippen LogP contribution in [0.5, 0.6) is 11.5 Å². The van der Waals surface area contributed by atoms with Gasteiger partial charge in [0, 0.05) is 26.2 Å². The van der Waals surface area contributed by atoms with Crippen molar-refractivity contribution in [3.05, 3.63) is 24.3 Å². The fourth-order valence-electron chi connectivity index (χ4n) is 2.27. The van der Waals surface area contributed by atoms with Gasteiger partial charge in [-0.1, -0.05) is 6.92 Å². The lowest BCUT2D eigenvalue weighted by Gasteiger charge is -2.32. The Morgan fingerprint density at radius 2 is 1.86 bits per heavy atom. The summed E-state index contributed by atoms with van der Waals surface area (Å²) in [4.78, 5) is 2.33. The quantitative estimate of drug-likeness (QED) is 0.787. The second kappa shape index (κ2) is 8.87. The molecule has 118 valence electrons. The summed E-state index contributed by atoms with van der Waals surface area (Å²) in [5.41, 5.74) is 5.64. The third-order valence-corrected chi connectivity index (χ3v) is 3.46. The molecule has 0 aromatic heterocycles. The smallest absolute Gasteiger partial charge is 0.119 e. The second-order valence-electron chi connectivity index (χ2n) is 5.20. The van der Waals surface area contributed by atoms with E-state index < -0.39 is 0 Å². The largest absolute Gasteiger partial charge is 0.494 e. The van der Waals surface area contributed by atoms with E-state index in [9.17, 15) is 0 Å². The SMILES string of the molecule is CCCOc1ccc(OCCN2CCOC(CN)C2)cc1. The molecular weight excluding hydrogens is 268 g/mol. The van der Waals surface area contributed by atoms with Gasteiger partial charge in [-0.2, -0.15) is 0 Å². The van der Waals surface area contributed by atoms with Gasteiger partial charge in [0.15, 0.2) is 0 Å². The fraction of sp³-hybridized carbons (Fsp3) is 0.625. The molecule has 0 saturated carbocycles. The lowest BCUT2D eigenvalue weighted by Crippen LogP contribution is -2.46. The first-order chi connectivity index (χ1) is 10.3. The molecule has 1 aromatic carbocycles. The van der Waals surface area contributed by atoms with Crippen molar-refractivity contribution in [1.82, 2.24) is 4.90 Å². The van der Waals surface area contributed by atoms with E-state index in [2.05, 4.69) is 11.8 Å². The van der Waals surface area contributed by atoms with Crippen LogP contribution in [0.1, 0.15) is 13.3 Å². The normalized spacial score (nSPS) is 19.4. The number of rotatable bonds is 8. The summed E-state index contributed by atoms with van der Waals surface area (Å²) >= 11 is 0. The highest BCUT2D eigenvalue weighted by Gasteiger charge is 2.18. The summed E-state index contributed by atoms with van der Waals surface area (Å²) in [5.74, 6) is 1.77. The van der Waals surface area contributed by atoms with Crippen molar-refractivity contribution in [1.29, 1.82) is 0 Å². The van der Waals surface area contributed by atoms with Gasteiger partial charge in [0.2, 0.25) is 0 Å². The van der Waals surface area contributed by atoms with Gasteiger partial charge in [0.05, 0.1) is 19.3 Å². The minimum absolute atomic E-state index is 0.161. The van der Waals surface area contributed by atoms with E-state index in [0.717, 1.165) is 50.8 Å². The summed E-state index contributed by atoms with van der Waals surface area (Å²) < 4.78 is 16.9. The molecule has 1 aromatic rings. The summed E-state index contributed by atoms with van der Waals surface area (Å²) in [6.45, 7) is 7.59. The molecule has 21 heavy (non-hydrogen) atoms. The topological polar surface area (TPSA) is 57.0 Å². The zero-order valence-corrected chi connectivity index (χ0v) is 12.8. The van der Waals surface area contributed by atoms with Crippen LogP contribution in [0.2, 0.25) is 0 Å². The molecular formula is C16H26N2O3. The van der Waals surface area contributed by atoms with E-state index in [0.29, 0.717) is 13.2 Å². The van der Waals surface area contributed by atoms with Gasteiger partial charge < -0.3 is 19.9 Å². The number of hydrogen-bond donors (Lipinski definition) is 1. The van der Waals surface area contributed by atoms with Gasteiger partial charge in [-0.05, 0) is 30.7 Å². The molecule has 1 unspecified atom stereocenters. The van der Waals surface area contributed by atoms with Gasteiger partial charge >= 0.3 is 0 Å². The summed E-state index contributed by atoms with van der Waals surface area (Å²) in [5, 5.41) is 0. The number of benzene rings is 1. The molecule has 0 radical (unpaired) electrons. The molecule has 0 amide bonds. The third-order valence-electron chi connectivity index (χ3n) is 3.46. The Balaban J connectivity index is 1.68. The third kappa shape index (κ3) is 5.53. The van der Waals surface area contributed by atoms with Crippen LogP contribution in [0.15, 0.2) is 24.3 Å². The zero-order valence-electron chi connectivity index (χ0n) is 12.8. The molecule has 0 spiro atoms. The number of morpholine rings is 1. The monoisotopic (exact) mass is 294 g/mol. The summed E-state index contributed by atoms with van der Waals surface area (Å²) in [6.07, 6.45) is 1.18. The molecule has 0 aliphatic carbocycles. The van der Waals surface area contributed by atoms with Crippen molar-refractivity contribution in [3.8, 4) is 11.5 Å². The first-order valence-corrected chi connectivity index (χ1v) is 7.71. The van der Waals surface area contributed by atoms with Crippen LogP contribution in [0.25, 0.3) is 0 Å². The van der Waals surface area contributed by atoms with Crippen LogP contribution in [-0.4, -0.2) is 57.0 Å². The molecule has 5 heteroatoms. The molecule has 5 nitrogen and oxygen atoms in total. The summed E-state index contributed by atoms with van der Waals surface area (Å²) in [7, 11) is 0. The van der Waals surface area contributed by atoms with E-state index in [1.54, 1.807) is 0 Å². The van der Waals surface area contributed by atoms with Gasteiger partial charge in [0.25, 0.3) is 0 Å². The Kier molecular flexibility index (Phi) is 6.79. The Morgan fingerprint density at radius 3 is 2.48 bits per heavy atom. The number of hydrogen-bond acceptors (Lipinski definition) is 5. The summed E-state index contributed by atoms with van der Waals surface area (Å²) in [6, 6.07) is 7.80. The molecule has 0 bridgehead atoms. The lowest BCUT2D eigenvalue weighted by molar-refractivity contribution is -0.0261. The molecule has 1 atom stereocenters. The van der Waals surface area contributed by atoms with Crippen LogP contribution >= 0.6 is 0 Å². The minimum Gasteiger partial charge on any atom is -0.494 e. The molecule has 1 aliphatic heterocycles. The van der Waals surface area contributed by atoms with Crippen molar-refractivity contribution in [2.75, 3.05) is 46.0 Å². The standard InChI is InChI=1S/C16H26N2O3/c1-2-9-19-14-3-5-15(6-4-14)20-10-7-18-8-11-21-16(12-17)13-18/h3-6,16H,2,7-13,17H2,1H3. The van der Waals surface area contributed by atoms with Crippen LogP contribution in [0, 0.1) is 0 Å². The van der Waals surface area contributed by atoms with E-state index in [4.69, 9.17) is 19.9 Å². The van der Waals surface area contributed by atoms with Crippen LogP contribution in [-0.2, 0) is 4.74 Å². The van der Waals surface area contributed by atoms with Crippen molar-refractivity contribution in [3.63, 3.8) is 0 Å². The van der Waals surface area contributed by atoms with Crippen LogP contribution in [0.3, 0.4) is 0 Å². The first kappa shape index (κ1) is 16.1. The van der Waals surface area contributed by atoms with E-state index in [-0.39, 0.29) is 6.10 Å². The maximum atomic E-state index is 5.77. The number of nitrogens with zero attached hydrogens (tertiary/aromatic N) is 1.